The Bertz CT molecular complexity index is 837. The predicted octanol–water partition coefficient (Wildman–Crippen LogP) is 2.42. The van der Waals surface area contributed by atoms with Crippen LogP contribution in [-0.2, 0) is 13.1 Å². The van der Waals surface area contributed by atoms with Crippen LogP contribution in [0.3, 0.4) is 0 Å². The van der Waals surface area contributed by atoms with Crippen molar-refractivity contribution in [2.75, 3.05) is 0 Å². The van der Waals surface area contributed by atoms with Gasteiger partial charge in [-0.25, -0.2) is 4.98 Å². The highest BCUT2D eigenvalue weighted by Gasteiger charge is 2.15. The molecule has 0 aliphatic carbocycles. The van der Waals surface area contributed by atoms with E-state index >= 15 is 0 Å². The standard InChI is InChI=1S/C17H17N5O3/c23-17-7-6-15(22(24)25)8-14(17)9-19-16(10-21-12-18-11-20-21)13-4-2-1-3-5-13/h1-8,11-12,16,19,23H,9-10H2. The molecule has 128 valence electrons. The summed E-state index contributed by atoms with van der Waals surface area (Å²) in [6.45, 7) is 0.821. The summed E-state index contributed by atoms with van der Waals surface area (Å²) in [5.74, 6) is 0.0191. The Kier molecular flexibility index (Phi) is 5.00. The highest BCUT2D eigenvalue weighted by Crippen LogP contribution is 2.24. The fraction of sp³-hybridized carbons (Fsp3) is 0.176. The second-order valence-electron chi connectivity index (χ2n) is 5.53. The van der Waals surface area contributed by atoms with Crippen LogP contribution < -0.4 is 5.32 Å². The Hall–Kier alpha value is -3.26. The summed E-state index contributed by atoms with van der Waals surface area (Å²) in [5.41, 5.74) is 1.46. The molecule has 0 amide bonds. The largest absolute Gasteiger partial charge is 0.508 e. The van der Waals surface area contributed by atoms with Gasteiger partial charge in [-0.3, -0.25) is 14.8 Å². The number of hydrogen-bond donors (Lipinski definition) is 2. The third-order valence-electron chi connectivity index (χ3n) is 3.85. The number of nitrogens with zero attached hydrogens (tertiary/aromatic N) is 4. The average molecular weight is 339 g/mol. The normalized spacial score (nSPS) is 12.0. The molecule has 0 radical (unpaired) electrons. The Morgan fingerprint density at radius 2 is 2.04 bits per heavy atom. The van der Waals surface area contributed by atoms with Gasteiger partial charge in [0.15, 0.2) is 0 Å². The lowest BCUT2D eigenvalue weighted by Crippen LogP contribution is -2.25. The number of aromatic hydroxyl groups is 1. The Balaban J connectivity index is 1.79. The van der Waals surface area contributed by atoms with Gasteiger partial charge in [0.05, 0.1) is 17.5 Å². The molecular formula is C17H17N5O3. The quantitative estimate of drug-likeness (QED) is 0.506. The maximum Gasteiger partial charge on any atom is 0.270 e. The van der Waals surface area contributed by atoms with Crippen LogP contribution in [0.25, 0.3) is 0 Å². The number of nitro benzene ring substituents is 1. The first-order chi connectivity index (χ1) is 12.1. The smallest absolute Gasteiger partial charge is 0.270 e. The molecule has 0 bridgehead atoms. The monoisotopic (exact) mass is 339 g/mol. The minimum Gasteiger partial charge on any atom is -0.508 e. The fourth-order valence-electron chi connectivity index (χ4n) is 2.55. The molecule has 1 heterocycles. The molecule has 0 saturated heterocycles. The van der Waals surface area contributed by atoms with E-state index < -0.39 is 4.92 Å². The molecule has 3 aromatic rings. The van der Waals surface area contributed by atoms with Crippen molar-refractivity contribution in [1.29, 1.82) is 0 Å². The van der Waals surface area contributed by atoms with Gasteiger partial charge in [-0.2, -0.15) is 5.10 Å². The number of phenolic OH excluding ortho intramolecular Hbond substituents is 1. The van der Waals surface area contributed by atoms with E-state index in [2.05, 4.69) is 15.4 Å². The third kappa shape index (κ3) is 4.18. The zero-order chi connectivity index (χ0) is 17.6. The van der Waals surface area contributed by atoms with Crippen molar-refractivity contribution in [3.63, 3.8) is 0 Å². The first-order valence-electron chi connectivity index (χ1n) is 7.70. The van der Waals surface area contributed by atoms with Crippen LogP contribution in [0, 0.1) is 10.1 Å². The highest BCUT2D eigenvalue weighted by atomic mass is 16.6. The van der Waals surface area contributed by atoms with E-state index in [4.69, 9.17) is 0 Å². The molecule has 8 nitrogen and oxygen atoms in total. The number of aromatic nitrogens is 3. The number of non-ortho nitro benzene ring substituents is 1. The second kappa shape index (κ2) is 7.54. The molecule has 0 saturated carbocycles. The molecule has 1 aromatic heterocycles. The molecule has 0 aliphatic rings. The maximum atomic E-state index is 10.9. The zero-order valence-electron chi connectivity index (χ0n) is 13.3. The zero-order valence-corrected chi connectivity index (χ0v) is 13.3. The summed E-state index contributed by atoms with van der Waals surface area (Å²) in [7, 11) is 0. The molecule has 2 aromatic carbocycles. The minimum absolute atomic E-state index is 0.0191. The number of benzene rings is 2. The van der Waals surface area contributed by atoms with Crippen molar-refractivity contribution in [3.8, 4) is 5.75 Å². The summed E-state index contributed by atoms with van der Waals surface area (Å²) >= 11 is 0. The first-order valence-corrected chi connectivity index (χ1v) is 7.70. The number of nitrogens with one attached hydrogen (secondary N) is 1. The van der Waals surface area contributed by atoms with E-state index in [1.54, 1.807) is 11.0 Å². The summed E-state index contributed by atoms with van der Waals surface area (Å²) in [5, 5.41) is 28.3. The highest BCUT2D eigenvalue weighted by molar-refractivity contribution is 5.43. The fourth-order valence-corrected chi connectivity index (χ4v) is 2.55. The molecule has 3 rings (SSSR count). The molecule has 2 N–H and O–H groups in total. The van der Waals surface area contributed by atoms with Gasteiger partial charge in [-0.05, 0) is 11.6 Å². The van der Waals surface area contributed by atoms with E-state index in [-0.39, 0.29) is 24.0 Å². The lowest BCUT2D eigenvalue weighted by Gasteiger charge is -2.19. The van der Waals surface area contributed by atoms with Crippen LogP contribution in [0.5, 0.6) is 5.75 Å². The van der Waals surface area contributed by atoms with Crippen LogP contribution in [0.1, 0.15) is 17.2 Å². The number of nitro groups is 1. The Morgan fingerprint density at radius 1 is 1.24 bits per heavy atom. The van der Waals surface area contributed by atoms with Crippen molar-refractivity contribution >= 4 is 5.69 Å². The van der Waals surface area contributed by atoms with Gasteiger partial charge in [0.1, 0.15) is 18.4 Å². The van der Waals surface area contributed by atoms with E-state index in [9.17, 15) is 15.2 Å². The predicted molar refractivity (Wildman–Crippen MR) is 90.8 cm³/mol. The summed E-state index contributed by atoms with van der Waals surface area (Å²) in [4.78, 5) is 14.4. The number of rotatable bonds is 7. The lowest BCUT2D eigenvalue weighted by molar-refractivity contribution is -0.384. The molecule has 1 unspecified atom stereocenters. The van der Waals surface area contributed by atoms with Crippen LogP contribution >= 0.6 is 0 Å². The van der Waals surface area contributed by atoms with Crippen molar-refractivity contribution in [2.24, 2.45) is 0 Å². The molecule has 0 fully saturated rings. The van der Waals surface area contributed by atoms with E-state index in [1.807, 2.05) is 30.3 Å². The molecule has 25 heavy (non-hydrogen) atoms. The first kappa shape index (κ1) is 16.6. The Morgan fingerprint density at radius 3 is 2.72 bits per heavy atom. The van der Waals surface area contributed by atoms with Gasteiger partial charge < -0.3 is 10.4 Å². The SMILES string of the molecule is O=[N+]([O-])c1ccc(O)c(CNC(Cn2cncn2)c2ccccc2)c1. The van der Waals surface area contributed by atoms with Gasteiger partial charge in [0.2, 0.25) is 0 Å². The van der Waals surface area contributed by atoms with Gasteiger partial charge in [-0.1, -0.05) is 30.3 Å². The van der Waals surface area contributed by atoms with Crippen LogP contribution in [0.15, 0.2) is 61.2 Å². The second-order valence-corrected chi connectivity index (χ2v) is 5.53. The maximum absolute atomic E-state index is 10.9. The minimum atomic E-state index is -0.479. The van der Waals surface area contributed by atoms with Gasteiger partial charge >= 0.3 is 0 Å². The van der Waals surface area contributed by atoms with Gasteiger partial charge in [-0.15, -0.1) is 0 Å². The van der Waals surface area contributed by atoms with Crippen molar-refractivity contribution in [2.45, 2.75) is 19.1 Å². The summed E-state index contributed by atoms with van der Waals surface area (Å²) in [6.07, 6.45) is 3.09. The topological polar surface area (TPSA) is 106 Å². The van der Waals surface area contributed by atoms with Crippen molar-refractivity contribution in [1.82, 2.24) is 20.1 Å². The molecular weight excluding hydrogens is 322 g/mol. The van der Waals surface area contributed by atoms with E-state index in [0.717, 1.165) is 5.56 Å². The number of hydrogen-bond acceptors (Lipinski definition) is 6. The lowest BCUT2D eigenvalue weighted by atomic mass is 10.1. The molecule has 1 atom stereocenters. The van der Waals surface area contributed by atoms with E-state index in [1.165, 1.54) is 24.5 Å². The van der Waals surface area contributed by atoms with Gasteiger partial charge in [0, 0.05) is 24.2 Å². The van der Waals surface area contributed by atoms with Gasteiger partial charge in [0.25, 0.3) is 5.69 Å². The van der Waals surface area contributed by atoms with Crippen LogP contribution in [0.2, 0.25) is 0 Å². The molecule has 0 aliphatic heterocycles. The van der Waals surface area contributed by atoms with Crippen LogP contribution in [0.4, 0.5) is 5.69 Å². The summed E-state index contributed by atoms with van der Waals surface area (Å²) in [6, 6.07) is 13.7. The molecule has 8 heteroatoms. The summed E-state index contributed by atoms with van der Waals surface area (Å²) < 4.78 is 1.71. The van der Waals surface area contributed by atoms with Crippen molar-refractivity contribution < 1.29 is 10.0 Å². The third-order valence-corrected chi connectivity index (χ3v) is 3.85. The van der Waals surface area contributed by atoms with Crippen LogP contribution in [-0.4, -0.2) is 24.8 Å². The van der Waals surface area contributed by atoms with Crippen molar-refractivity contribution in [3.05, 3.63) is 82.4 Å². The number of phenols is 1. The average Bonchev–Trinajstić information content (AvgIpc) is 3.13. The van der Waals surface area contributed by atoms with E-state index in [0.29, 0.717) is 12.1 Å². The Labute approximate surface area is 143 Å². The molecule has 0 spiro atoms.